The van der Waals surface area contributed by atoms with Gasteiger partial charge >= 0.3 is 6.18 Å². The van der Waals surface area contributed by atoms with E-state index in [4.69, 9.17) is 4.74 Å². The molecule has 2 N–H and O–H groups in total. The van der Waals surface area contributed by atoms with Crippen LogP contribution in [0.2, 0.25) is 0 Å². The number of benzene rings is 1. The van der Waals surface area contributed by atoms with Crippen LogP contribution in [0.1, 0.15) is 18.4 Å². The van der Waals surface area contributed by atoms with Crippen LogP contribution < -0.4 is 10.6 Å². The minimum Gasteiger partial charge on any atom is -0.379 e. The summed E-state index contributed by atoms with van der Waals surface area (Å²) in [6, 6.07) is 4.72. The van der Waals surface area contributed by atoms with Crippen molar-refractivity contribution < 1.29 is 22.7 Å². The first-order chi connectivity index (χ1) is 17.9. The van der Waals surface area contributed by atoms with Gasteiger partial charge in [0, 0.05) is 57.9 Å². The second-order valence-corrected chi connectivity index (χ2v) is 9.07. The maximum absolute atomic E-state index is 12.9. The molecule has 1 aromatic carbocycles. The highest BCUT2D eigenvalue weighted by Crippen LogP contribution is 2.30. The van der Waals surface area contributed by atoms with Gasteiger partial charge in [0.1, 0.15) is 0 Å². The molecule has 0 aliphatic carbocycles. The minimum atomic E-state index is -4.41. The van der Waals surface area contributed by atoms with E-state index >= 15 is 0 Å². The minimum absolute atomic E-state index is 0.147. The van der Waals surface area contributed by atoms with Gasteiger partial charge in [-0.05, 0) is 30.7 Å². The molecule has 13 heteroatoms. The number of ether oxygens (including phenoxy) is 1. The van der Waals surface area contributed by atoms with Gasteiger partial charge in [0.25, 0.3) is 0 Å². The van der Waals surface area contributed by atoms with Crippen molar-refractivity contribution in [1.82, 2.24) is 29.3 Å². The van der Waals surface area contributed by atoms with Crippen molar-refractivity contribution in [3.05, 3.63) is 36.2 Å². The summed E-state index contributed by atoms with van der Waals surface area (Å²) < 4.78 is 46.1. The van der Waals surface area contributed by atoms with Crippen molar-refractivity contribution in [2.24, 2.45) is 0 Å². The van der Waals surface area contributed by atoms with Gasteiger partial charge in [0.15, 0.2) is 17.0 Å². The molecule has 1 amide bonds. The van der Waals surface area contributed by atoms with Crippen molar-refractivity contribution in [2.45, 2.75) is 25.6 Å². The number of halogens is 3. The fourth-order valence-electron chi connectivity index (χ4n) is 4.48. The van der Waals surface area contributed by atoms with E-state index in [1.54, 1.807) is 6.33 Å². The van der Waals surface area contributed by atoms with E-state index in [0.717, 1.165) is 44.7 Å². The molecule has 2 aliphatic rings. The Balaban J connectivity index is 1.37. The zero-order valence-corrected chi connectivity index (χ0v) is 20.3. The summed E-state index contributed by atoms with van der Waals surface area (Å²) in [6.07, 6.45) is -1.29. The molecule has 0 saturated carbocycles. The summed E-state index contributed by atoms with van der Waals surface area (Å²) in [5, 5.41) is 6.36. The Kier molecular flexibility index (Phi) is 7.42. The SMILES string of the molecule is O=C1CCCN1CCn1cnc2c(NCCN3CCOCC3)nc(Nc3ccc(C(F)(F)F)cc3)nc21. The second kappa shape index (κ2) is 10.9. The standard InChI is InChI=1S/C24H29F3N8O2/c25-24(26,27)17-3-5-18(6-4-17)30-23-31-21(28-7-9-33-12-14-37-15-13-33)20-22(32-23)35(16-29-20)11-10-34-8-1-2-19(34)36/h3-6,16H,1-2,7-15H2,(H2,28,30,31,32). The molecule has 0 radical (unpaired) electrons. The number of amides is 1. The monoisotopic (exact) mass is 518 g/mol. The Morgan fingerprint density at radius 1 is 1.00 bits per heavy atom. The summed E-state index contributed by atoms with van der Waals surface area (Å²) in [6.45, 7) is 6.40. The highest BCUT2D eigenvalue weighted by Gasteiger charge is 2.30. The molecule has 2 aliphatic heterocycles. The first kappa shape index (κ1) is 25.2. The molecule has 10 nitrogen and oxygen atoms in total. The van der Waals surface area contributed by atoms with Gasteiger partial charge < -0.3 is 24.8 Å². The molecule has 2 fully saturated rings. The largest absolute Gasteiger partial charge is 0.416 e. The molecule has 0 spiro atoms. The second-order valence-electron chi connectivity index (χ2n) is 9.07. The zero-order chi connectivity index (χ0) is 25.8. The van der Waals surface area contributed by atoms with Gasteiger partial charge in [0.2, 0.25) is 11.9 Å². The van der Waals surface area contributed by atoms with Crippen molar-refractivity contribution in [2.75, 3.05) is 63.1 Å². The van der Waals surface area contributed by atoms with E-state index < -0.39 is 11.7 Å². The van der Waals surface area contributed by atoms with Gasteiger partial charge in [-0.3, -0.25) is 9.69 Å². The molecular formula is C24H29F3N8O2. The number of carbonyl (C=O) groups is 1. The molecule has 0 bridgehead atoms. The predicted octanol–water partition coefficient (Wildman–Crippen LogP) is 2.96. The maximum atomic E-state index is 12.9. The number of anilines is 3. The molecule has 0 atom stereocenters. The summed E-state index contributed by atoms with van der Waals surface area (Å²) >= 11 is 0. The van der Waals surface area contributed by atoms with E-state index in [2.05, 4.69) is 30.5 Å². The fourth-order valence-corrected chi connectivity index (χ4v) is 4.48. The van der Waals surface area contributed by atoms with E-state index in [1.165, 1.54) is 12.1 Å². The Morgan fingerprint density at radius 2 is 1.78 bits per heavy atom. The van der Waals surface area contributed by atoms with Gasteiger partial charge in [-0.1, -0.05) is 0 Å². The fraction of sp³-hybridized carbons (Fsp3) is 0.500. The van der Waals surface area contributed by atoms with Gasteiger partial charge in [-0.25, -0.2) is 4.98 Å². The molecule has 37 heavy (non-hydrogen) atoms. The van der Waals surface area contributed by atoms with Crippen LogP contribution in [0.25, 0.3) is 11.2 Å². The lowest BCUT2D eigenvalue weighted by Crippen LogP contribution is -2.39. The van der Waals surface area contributed by atoms with Gasteiger partial charge in [-0.2, -0.15) is 23.1 Å². The van der Waals surface area contributed by atoms with Gasteiger partial charge in [-0.15, -0.1) is 0 Å². The number of alkyl halides is 3. The van der Waals surface area contributed by atoms with E-state index in [-0.39, 0.29) is 11.9 Å². The summed E-state index contributed by atoms with van der Waals surface area (Å²) in [7, 11) is 0. The number of nitrogens with zero attached hydrogens (tertiary/aromatic N) is 6. The number of likely N-dealkylation sites (tertiary alicyclic amines) is 1. The van der Waals surface area contributed by atoms with E-state index in [0.29, 0.717) is 61.9 Å². The van der Waals surface area contributed by atoms with Crippen LogP contribution in [0.15, 0.2) is 30.6 Å². The average molecular weight is 519 g/mol. The van der Waals surface area contributed by atoms with Crippen LogP contribution in [0.5, 0.6) is 0 Å². The topological polar surface area (TPSA) is 100 Å². The number of carbonyl (C=O) groups excluding carboxylic acids is 1. The zero-order valence-electron chi connectivity index (χ0n) is 20.3. The van der Waals surface area contributed by atoms with E-state index in [1.807, 2.05) is 9.47 Å². The van der Waals surface area contributed by atoms with Crippen molar-refractivity contribution in [3.63, 3.8) is 0 Å². The highest BCUT2D eigenvalue weighted by molar-refractivity contribution is 5.84. The lowest BCUT2D eigenvalue weighted by atomic mass is 10.2. The number of rotatable bonds is 9. The molecular weight excluding hydrogens is 489 g/mol. The third-order valence-electron chi connectivity index (χ3n) is 6.54. The van der Waals surface area contributed by atoms with Crippen LogP contribution >= 0.6 is 0 Å². The van der Waals surface area contributed by atoms with Crippen LogP contribution in [-0.2, 0) is 22.3 Å². The molecule has 5 rings (SSSR count). The molecule has 0 unspecified atom stereocenters. The van der Waals surface area contributed by atoms with Crippen molar-refractivity contribution >= 4 is 34.5 Å². The average Bonchev–Trinajstić information content (AvgIpc) is 3.49. The van der Waals surface area contributed by atoms with Crippen LogP contribution in [-0.4, -0.2) is 87.7 Å². The first-order valence-electron chi connectivity index (χ1n) is 12.4. The third-order valence-corrected chi connectivity index (χ3v) is 6.54. The predicted molar refractivity (Wildman–Crippen MR) is 132 cm³/mol. The Morgan fingerprint density at radius 3 is 2.49 bits per heavy atom. The Bertz CT molecular complexity index is 1230. The number of imidazole rings is 1. The summed E-state index contributed by atoms with van der Waals surface area (Å²) in [4.78, 5) is 29.8. The van der Waals surface area contributed by atoms with Crippen LogP contribution in [0.3, 0.4) is 0 Å². The smallest absolute Gasteiger partial charge is 0.379 e. The lowest BCUT2D eigenvalue weighted by molar-refractivity contribution is -0.137. The summed E-state index contributed by atoms with van der Waals surface area (Å²) in [5.74, 6) is 0.915. The van der Waals surface area contributed by atoms with Gasteiger partial charge in [0.05, 0.1) is 25.1 Å². The molecule has 3 aromatic rings. The van der Waals surface area contributed by atoms with E-state index in [9.17, 15) is 18.0 Å². The summed E-state index contributed by atoms with van der Waals surface area (Å²) in [5.41, 5.74) is 0.868. The van der Waals surface area contributed by atoms with Crippen molar-refractivity contribution in [1.29, 1.82) is 0 Å². The number of nitrogens with one attached hydrogen (secondary N) is 2. The van der Waals surface area contributed by atoms with Crippen molar-refractivity contribution in [3.8, 4) is 0 Å². The Hall–Kier alpha value is -3.45. The Labute approximate surface area is 211 Å². The van der Waals surface area contributed by atoms with Crippen LogP contribution in [0.4, 0.5) is 30.6 Å². The number of hydrogen-bond acceptors (Lipinski definition) is 8. The molecule has 2 saturated heterocycles. The number of morpholine rings is 1. The number of aromatic nitrogens is 4. The number of fused-ring (bicyclic) bond motifs is 1. The molecule has 2 aromatic heterocycles. The quantitative estimate of drug-likeness (QED) is 0.446. The molecule has 4 heterocycles. The maximum Gasteiger partial charge on any atom is 0.416 e. The normalized spacial score (nSPS) is 17.1. The third kappa shape index (κ3) is 6.10. The van der Waals surface area contributed by atoms with Crippen LogP contribution in [0, 0.1) is 0 Å². The first-order valence-corrected chi connectivity index (χ1v) is 12.4. The number of hydrogen-bond donors (Lipinski definition) is 2. The lowest BCUT2D eigenvalue weighted by Gasteiger charge is -2.26. The molecule has 198 valence electrons. The highest BCUT2D eigenvalue weighted by atomic mass is 19.4.